The molecule has 2 aromatic rings. The molecule has 0 aliphatic carbocycles. The Labute approximate surface area is 150 Å². The van der Waals surface area contributed by atoms with Gasteiger partial charge in [0.25, 0.3) is 5.91 Å². The van der Waals surface area contributed by atoms with Crippen LogP contribution in [0.4, 0.5) is 18.9 Å². The summed E-state index contributed by atoms with van der Waals surface area (Å²) in [6, 6.07) is 3.66. The van der Waals surface area contributed by atoms with Gasteiger partial charge in [-0.15, -0.1) is 0 Å². The van der Waals surface area contributed by atoms with Gasteiger partial charge in [-0.2, -0.15) is 31.8 Å². The smallest absolute Gasteiger partial charge is 0.305 e. The summed E-state index contributed by atoms with van der Waals surface area (Å²) in [7, 11) is 0. The van der Waals surface area contributed by atoms with E-state index in [9.17, 15) is 18.0 Å². The average molecular weight is 369 g/mol. The number of benzene rings is 1. The second-order valence-electron chi connectivity index (χ2n) is 5.86. The summed E-state index contributed by atoms with van der Waals surface area (Å²) in [6.07, 6.45) is -1.29. The molecule has 3 rings (SSSR count). The molecular formula is C17H18F3N3OS. The third kappa shape index (κ3) is 3.18. The van der Waals surface area contributed by atoms with Crippen LogP contribution in [-0.2, 0) is 6.18 Å². The summed E-state index contributed by atoms with van der Waals surface area (Å²) < 4.78 is 40.4. The fourth-order valence-corrected chi connectivity index (χ4v) is 2.99. The Kier molecular flexibility index (Phi) is 5.04. The molecule has 0 fully saturated rings. The zero-order valence-corrected chi connectivity index (χ0v) is 14.8. The SMILES string of the molecule is C=Cc1cnn2c1C(=O)N(c1ccc(C(F)(F)F)c(C)c1)C[C@@H]2C.S. The van der Waals surface area contributed by atoms with Gasteiger partial charge in [0.2, 0.25) is 0 Å². The molecule has 4 nitrogen and oxygen atoms in total. The largest absolute Gasteiger partial charge is 0.416 e. The van der Waals surface area contributed by atoms with Crippen LogP contribution in [0.2, 0.25) is 0 Å². The maximum Gasteiger partial charge on any atom is 0.416 e. The summed E-state index contributed by atoms with van der Waals surface area (Å²) in [5.74, 6) is -0.292. The molecule has 1 aliphatic rings. The number of nitrogens with zero attached hydrogens (tertiary/aromatic N) is 3. The van der Waals surface area contributed by atoms with Crippen LogP contribution < -0.4 is 4.90 Å². The van der Waals surface area contributed by atoms with Crippen LogP contribution in [0.15, 0.2) is 31.0 Å². The Morgan fingerprint density at radius 3 is 2.60 bits per heavy atom. The molecule has 134 valence electrons. The second kappa shape index (κ2) is 6.59. The van der Waals surface area contributed by atoms with Crippen molar-refractivity contribution < 1.29 is 18.0 Å². The first-order chi connectivity index (χ1) is 11.2. The van der Waals surface area contributed by atoms with Crippen molar-refractivity contribution in [2.24, 2.45) is 0 Å². The lowest BCUT2D eigenvalue weighted by Gasteiger charge is -2.32. The van der Waals surface area contributed by atoms with Crippen molar-refractivity contribution in [1.82, 2.24) is 9.78 Å². The van der Waals surface area contributed by atoms with Gasteiger partial charge >= 0.3 is 6.18 Å². The van der Waals surface area contributed by atoms with Crippen molar-refractivity contribution in [3.05, 3.63) is 53.4 Å². The number of halogens is 3. The minimum atomic E-state index is -4.41. The van der Waals surface area contributed by atoms with Crippen molar-refractivity contribution >= 4 is 31.2 Å². The maximum atomic E-state index is 12.9. The van der Waals surface area contributed by atoms with E-state index in [2.05, 4.69) is 11.7 Å². The highest BCUT2D eigenvalue weighted by molar-refractivity contribution is 7.59. The summed E-state index contributed by atoms with van der Waals surface area (Å²) in [4.78, 5) is 14.3. The van der Waals surface area contributed by atoms with Crippen LogP contribution in [0.3, 0.4) is 0 Å². The second-order valence-corrected chi connectivity index (χ2v) is 5.86. The number of carbonyl (C=O) groups is 1. The van der Waals surface area contributed by atoms with Crippen LogP contribution >= 0.6 is 13.5 Å². The molecule has 1 aromatic carbocycles. The highest BCUT2D eigenvalue weighted by atomic mass is 32.1. The third-order valence-corrected chi connectivity index (χ3v) is 4.18. The average Bonchev–Trinajstić information content (AvgIpc) is 2.94. The zero-order valence-electron chi connectivity index (χ0n) is 13.8. The predicted molar refractivity (Wildman–Crippen MR) is 95.3 cm³/mol. The lowest BCUT2D eigenvalue weighted by molar-refractivity contribution is -0.138. The first-order valence-electron chi connectivity index (χ1n) is 7.43. The summed E-state index contributed by atoms with van der Waals surface area (Å²) in [5, 5.41) is 4.20. The van der Waals surface area contributed by atoms with Gasteiger partial charge in [-0.25, -0.2) is 0 Å². The monoisotopic (exact) mass is 369 g/mol. The topological polar surface area (TPSA) is 38.1 Å². The highest BCUT2D eigenvalue weighted by Gasteiger charge is 2.35. The number of aromatic nitrogens is 2. The molecule has 8 heteroatoms. The Balaban J connectivity index is 0.00000225. The van der Waals surface area contributed by atoms with E-state index >= 15 is 0 Å². The number of anilines is 1. The molecule has 2 heterocycles. The van der Waals surface area contributed by atoms with E-state index in [0.717, 1.165) is 6.07 Å². The van der Waals surface area contributed by atoms with E-state index in [1.165, 1.54) is 24.0 Å². The van der Waals surface area contributed by atoms with Gasteiger partial charge < -0.3 is 4.90 Å². The van der Waals surface area contributed by atoms with E-state index in [-0.39, 0.29) is 31.0 Å². The van der Waals surface area contributed by atoms with Gasteiger partial charge in [0, 0.05) is 17.8 Å². The Bertz CT molecular complexity index is 829. The maximum absolute atomic E-state index is 12.9. The number of amides is 1. The van der Waals surface area contributed by atoms with Gasteiger partial charge in [-0.1, -0.05) is 12.7 Å². The fourth-order valence-electron chi connectivity index (χ4n) is 2.99. The Morgan fingerprint density at radius 2 is 2.04 bits per heavy atom. The van der Waals surface area contributed by atoms with E-state index < -0.39 is 11.7 Å². The molecule has 0 bridgehead atoms. The number of rotatable bonds is 2. The molecular weight excluding hydrogens is 351 g/mol. The molecule has 1 aromatic heterocycles. The standard InChI is InChI=1S/C17H16F3N3O.H2S/c1-4-12-8-21-23-11(3)9-22(16(24)15(12)23)13-5-6-14(10(2)7-13)17(18,19)20;/h4-8,11H,1,9H2,2-3H3;1H2/t11-;/m0./s1. The molecule has 0 unspecified atom stereocenters. The normalized spacial score (nSPS) is 17.1. The Hall–Kier alpha value is -2.22. The summed E-state index contributed by atoms with van der Waals surface area (Å²) >= 11 is 0. The molecule has 0 radical (unpaired) electrons. The molecule has 1 atom stereocenters. The van der Waals surface area contributed by atoms with Gasteiger partial charge in [-0.3, -0.25) is 9.48 Å². The van der Waals surface area contributed by atoms with Crippen molar-refractivity contribution in [2.75, 3.05) is 11.4 Å². The first kappa shape index (κ1) is 19.1. The molecule has 1 amide bonds. The first-order valence-corrected chi connectivity index (χ1v) is 7.43. The molecule has 0 spiro atoms. The van der Waals surface area contributed by atoms with Crippen LogP contribution in [0.5, 0.6) is 0 Å². The van der Waals surface area contributed by atoms with Crippen LogP contribution in [0, 0.1) is 6.92 Å². The molecule has 0 saturated heterocycles. The minimum Gasteiger partial charge on any atom is -0.305 e. The molecule has 25 heavy (non-hydrogen) atoms. The number of hydrogen-bond donors (Lipinski definition) is 0. The van der Waals surface area contributed by atoms with Crippen molar-refractivity contribution in [3.8, 4) is 0 Å². The van der Waals surface area contributed by atoms with Crippen molar-refractivity contribution in [3.63, 3.8) is 0 Å². The van der Waals surface area contributed by atoms with Crippen LogP contribution in [-0.4, -0.2) is 22.2 Å². The minimum absolute atomic E-state index is 0. The van der Waals surface area contributed by atoms with Gasteiger partial charge in [0.1, 0.15) is 5.69 Å². The number of aryl methyl sites for hydroxylation is 1. The van der Waals surface area contributed by atoms with Crippen LogP contribution in [0.25, 0.3) is 6.08 Å². The summed E-state index contributed by atoms with van der Waals surface area (Å²) in [6.45, 7) is 7.31. The lowest BCUT2D eigenvalue weighted by atomic mass is 10.0. The molecule has 0 saturated carbocycles. The highest BCUT2D eigenvalue weighted by Crippen LogP contribution is 2.35. The third-order valence-electron chi connectivity index (χ3n) is 4.18. The quantitative estimate of drug-likeness (QED) is 0.796. The lowest BCUT2D eigenvalue weighted by Crippen LogP contribution is -2.43. The van der Waals surface area contributed by atoms with E-state index in [4.69, 9.17) is 0 Å². The fraction of sp³-hybridized carbons (Fsp3) is 0.294. The Morgan fingerprint density at radius 1 is 1.36 bits per heavy atom. The van der Waals surface area contributed by atoms with Gasteiger partial charge in [-0.05, 0) is 37.6 Å². The summed E-state index contributed by atoms with van der Waals surface area (Å²) in [5.41, 5.74) is 0.852. The number of alkyl halides is 3. The number of hydrogen-bond acceptors (Lipinski definition) is 2. The molecule has 0 N–H and O–H groups in total. The van der Waals surface area contributed by atoms with Crippen LogP contribution in [0.1, 0.15) is 40.1 Å². The van der Waals surface area contributed by atoms with Crippen molar-refractivity contribution in [2.45, 2.75) is 26.1 Å². The number of fused-ring (bicyclic) bond motifs is 1. The van der Waals surface area contributed by atoms with E-state index in [1.54, 1.807) is 17.0 Å². The van der Waals surface area contributed by atoms with E-state index in [1.807, 2.05) is 6.92 Å². The van der Waals surface area contributed by atoms with E-state index in [0.29, 0.717) is 23.5 Å². The van der Waals surface area contributed by atoms with Crippen molar-refractivity contribution in [1.29, 1.82) is 0 Å². The zero-order chi connectivity index (χ0) is 17.6. The van der Waals surface area contributed by atoms with Gasteiger partial charge in [0.05, 0.1) is 17.8 Å². The number of carbonyl (C=O) groups excluding carboxylic acids is 1. The molecule has 1 aliphatic heterocycles. The van der Waals surface area contributed by atoms with Gasteiger partial charge in [0.15, 0.2) is 0 Å². The predicted octanol–water partition coefficient (Wildman–Crippen LogP) is 4.19.